The van der Waals surface area contributed by atoms with Crippen molar-refractivity contribution in [1.29, 1.82) is 0 Å². The lowest BCUT2D eigenvalue weighted by Crippen LogP contribution is -2.32. The van der Waals surface area contributed by atoms with Crippen LogP contribution in [0, 0.1) is 6.92 Å². The maximum atomic E-state index is 13.6. The van der Waals surface area contributed by atoms with E-state index in [1.165, 1.54) is 4.90 Å². The average Bonchev–Trinajstić information content (AvgIpc) is 3.05. The number of anilines is 2. The Labute approximate surface area is 199 Å². The van der Waals surface area contributed by atoms with Gasteiger partial charge in [-0.05, 0) is 87.4 Å². The van der Waals surface area contributed by atoms with Crippen LogP contribution in [0.5, 0.6) is 11.5 Å². The molecule has 0 unspecified atom stereocenters. The molecule has 0 saturated carbocycles. The van der Waals surface area contributed by atoms with Gasteiger partial charge in [0, 0.05) is 5.69 Å². The molecule has 1 aliphatic heterocycles. The van der Waals surface area contributed by atoms with Gasteiger partial charge in [0.2, 0.25) is 0 Å². The summed E-state index contributed by atoms with van der Waals surface area (Å²) in [5.41, 5.74) is 3.36. The van der Waals surface area contributed by atoms with E-state index in [1.807, 2.05) is 82.3 Å². The van der Waals surface area contributed by atoms with Crippen molar-refractivity contribution in [3.63, 3.8) is 0 Å². The number of amides is 2. The fraction of sp³-hybridized carbons (Fsp3) is 0.214. The normalized spacial score (nSPS) is 13.6. The number of rotatable bonds is 8. The first-order chi connectivity index (χ1) is 16.4. The van der Waals surface area contributed by atoms with Crippen LogP contribution in [-0.2, 0) is 9.59 Å². The number of nitrogens with zero attached hydrogens (tertiary/aromatic N) is 1. The highest BCUT2D eigenvalue weighted by Gasteiger charge is 2.40. The first kappa shape index (κ1) is 23.1. The Balaban J connectivity index is 1.74. The van der Waals surface area contributed by atoms with Crippen molar-refractivity contribution in [2.75, 3.05) is 16.8 Å². The number of imide groups is 1. The van der Waals surface area contributed by atoms with Crippen molar-refractivity contribution in [2.24, 2.45) is 0 Å². The minimum Gasteiger partial charge on any atom is -0.494 e. The summed E-state index contributed by atoms with van der Waals surface area (Å²) in [6.45, 7) is 8.32. The van der Waals surface area contributed by atoms with Gasteiger partial charge < -0.3 is 14.8 Å². The lowest BCUT2D eigenvalue weighted by molar-refractivity contribution is -0.120. The number of benzene rings is 3. The topological polar surface area (TPSA) is 67.9 Å². The third-order valence-electron chi connectivity index (χ3n) is 5.29. The van der Waals surface area contributed by atoms with Gasteiger partial charge in [0.1, 0.15) is 17.2 Å². The number of carbonyl (C=O) groups excluding carboxylic acids is 2. The average molecular weight is 457 g/mol. The fourth-order valence-corrected chi connectivity index (χ4v) is 3.83. The van der Waals surface area contributed by atoms with Gasteiger partial charge in [-0.25, -0.2) is 4.90 Å². The number of aryl methyl sites for hydroxylation is 1. The largest absolute Gasteiger partial charge is 0.494 e. The summed E-state index contributed by atoms with van der Waals surface area (Å²) in [6, 6.07) is 21.9. The van der Waals surface area contributed by atoms with Crippen LogP contribution in [0.4, 0.5) is 11.4 Å². The van der Waals surface area contributed by atoms with Crippen molar-refractivity contribution in [3.05, 3.63) is 89.6 Å². The molecule has 0 radical (unpaired) electrons. The van der Waals surface area contributed by atoms with Gasteiger partial charge in [0.25, 0.3) is 11.8 Å². The van der Waals surface area contributed by atoms with Crippen molar-refractivity contribution in [2.45, 2.75) is 33.8 Å². The highest BCUT2D eigenvalue weighted by Crippen LogP contribution is 2.35. The molecule has 34 heavy (non-hydrogen) atoms. The van der Waals surface area contributed by atoms with Gasteiger partial charge in [-0.1, -0.05) is 24.3 Å². The Morgan fingerprint density at radius 2 is 1.56 bits per heavy atom. The molecule has 174 valence electrons. The Bertz CT molecular complexity index is 1230. The molecule has 4 rings (SSSR count). The monoisotopic (exact) mass is 456 g/mol. The SMILES string of the molecule is CCOc1ccc(NC2=C(c3ccc(OC(C)C)cc3)C(=O)N(c3cccc(C)c3)C2=O)cc1. The molecule has 3 aromatic carbocycles. The second-order valence-electron chi connectivity index (χ2n) is 8.31. The Kier molecular flexibility index (Phi) is 6.68. The molecule has 0 aromatic heterocycles. The quantitative estimate of drug-likeness (QED) is 0.449. The van der Waals surface area contributed by atoms with Crippen LogP contribution >= 0.6 is 0 Å². The highest BCUT2D eigenvalue weighted by molar-refractivity contribution is 6.46. The van der Waals surface area contributed by atoms with Gasteiger partial charge >= 0.3 is 0 Å². The van der Waals surface area contributed by atoms with Crippen molar-refractivity contribution < 1.29 is 19.1 Å². The van der Waals surface area contributed by atoms with Gasteiger partial charge in [0.05, 0.1) is 24.0 Å². The number of hydrogen-bond donors (Lipinski definition) is 1. The van der Waals surface area contributed by atoms with Crippen LogP contribution in [0.1, 0.15) is 31.9 Å². The molecule has 6 heteroatoms. The second-order valence-corrected chi connectivity index (χ2v) is 8.31. The highest BCUT2D eigenvalue weighted by atomic mass is 16.5. The molecule has 0 atom stereocenters. The van der Waals surface area contributed by atoms with Crippen LogP contribution in [0.3, 0.4) is 0 Å². The van der Waals surface area contributed by atoms with Gasteiger partial charge in [-0.15, -0.1) is 0 Å². The maximum absolute atomic E-state index is 13.6. The summed E-state index contributed by atoms with van der Waals surface area (Å²) < 4.78 is 11.2. The zero-order chi connectivity index (χ0) is 24.2. The molecule has 2 amide bonds. The summed E-state index contributed by atoms with van der Waals surface area (Å²) in [6.07, 6.45) is 0.0356. The van der Waals surface area contributed by atoms with Gasteiger partial charge in [-0.3, -0.25) is 9.59 Å². The van der Waals surface area contributed by atoms with Crippen molar-refractivity contribution in [3.8, 4) is 11.5 Å². The molecule has 0 fully saturated rings. The number of hydrogen-bond acceptors (Lipinski definition) is 5. The van der Waals surface area contributed by atoms with Gasteiger partial charge in [0.15, 0.2) is 0 Å². The van der Waals surface area contributed by atoms with E-state index in [2.05, 4.69) is 5.32 Å². The predicted octanol–water partition coefficient (Wildman–Crippen LogP) is 5.58. The molecule has 0 aliphatic carbocycles. The standard InChI is InChI=1S/C28H28N2O4/c1-5-33-23-15-11-21(12-16-23)29-26-25(20-9-13-24(14-10-20)34-18(2)3)27(31)30(28(26)32)22-8-6-7-19(4)17-22/h6-18,29H,5H2,1-4H3. The summed E-state index contributed by atoms with van der Waals surface area (Å²) in [5.74, 6) is 0.662. The van der Waals surface area contributed by atoms with Crippen molar-refractivity contribution in [1.82, 2.24) is 0 Å². The van der Waals surface area contributed by atoms with E-state index in [1.54, 1.807) is 18.2 Å². The predicted molar refractivity (Wildman–Crippen MR) is 134 cm³/mol. The van der Waals surface area contributed by atoms with Crippen LogP contribution in [0.2, 0.25) is 0 Å². The van der Waals surface area contributed by atoms with Crippen LogP contribution in [0.25, 0.3) is 5.57 Å². The Hall–Kier alpha value is -4.06. The minimum absolute atomic E-state index is 0.0356. The van der Waals surface area contributed by atoms with E-state index in [0.717, 1.165) is 11.3 Å². The van der Waals surface area contributed by atoms with E-state index in [9.17, 15) is 9.59 Å². The molecule has 0 spiro atoms. The summed E-state index contributed by atoms with van der Waals surface area (Å²) in [5, 5.41) is 3.18. The third kappa shape index (κ3) is 4.81. The Morgan fingerprint density at radius 1 is 0.882 bits per heavy atom. The van der Waals surface area contributed by atoms with E-state index in [0.29, 0.717) is 34.9 Å². The van der Waals surface area contributed by atoms with Gasteiger partial charge in [-0.2, -0.15) is 0 Å². The number of ether oxygens (including phenoxy) is 2. The summed E-state index contributed by atoms with van der Waals surface area (Å²) in [4.78, 5) is 28.3. The van der Waals surface area contributed by atoms with E-state index >= 15 is 0 Å². The number of carbonyl (C=O) groups is 2. The maximum Gasteiger partial charge on any atom is 0.282 e. The van der Waals surface area contributed by atoms with Crippen molar-refractivity contribution >= 4 is 28.8 Å². The molecular formula is C28H28N2O4. The lowest BCUT2D eigenvalue weighted by Gasteiger charge is -2.16. The fourth-order valence-electron chi connectivity index (χ4n) is 3.83. The number of nitrogens with one attached hydrogen (secondary N) is 1. The zero-order valence-electron chi connectivity index (χ0n) is 19.8. The second kappa shape index (κ2) is 9.83. The molecule has 1 aliphatic rings. The molecule has 3 aromatic rings. The summed E-state index contributed by atoms with van der Waals surface area (Å²) >= 11 is 0. The van der Waals surface area contributed by atoms with Crippen LogP contribution in [0.15, 0.2) is 78.5 Å². The van der Waals surface area contributed by atoms with Crippen LogP contribution < -0.4 is 19.7 Å². The minimum atomic E-state index is -0.401. The van der Waals surface area contributed by atoms with E-state index in [-0.39, 0.29) is 17.7 Å². The first-order valence-electron chi connectivity index (χ1n) is 11.3. The zero-order valence-corrected chi connectivity index (χ0v) is 19.8. The molecule has 0 saturated heterocycles. The molecular weight excluding hydrogens is 428 g/mol. The van der Waals surface area contributed by atoms with E-state index in [4.69, 9.17) is 9.47 Å². The molecule has 1 N–H and O–H groups in total. The molecule has 0 bridgehead atoms. The van der Waals surface area contributed by atoms with Crippen LogP contribution in [-0.4, -0.2) is 24.5 Å². The summed E-state index contributed by atoms with van der Waals surface area (Å²) in [7, 11) is 0. The lowest BCUT2D eigenvalue weighted by atomic mass is 10.0. The molecule has 1 heterocycles. The van der Waals surface area contributed by atoms with E-state index < -0.39 is 5.91 Å². The molecule has 6 nitrogen and oxygen atoms in total. The first-order valence-corrected chi connectivity index (χ1v) is 11.3. The Morgan fingerprint density at radius 3 is 2.18 bits per heavy atom. The third-order valence-corrected chi connectivity index (χ3v) is 5.29. The smallest absolute Gasteiger partial charge is 0.282 e.